The van der Waals surface area contributed by atoms with E-state index in [2.05, 4.69) is 29.1 Å². The van der Waals surface area contributed by atoms with Crippen molar-refractivity contribution in [3.63, 3.8) is 0 Å². The number of nitrogens with zero attached hydrogens (tertiary/aromatic N) is 3. The minimum Gasteiger partial charge on any atom is -0.375 e. The van der Waals surface area contributed by atoms with Crippen molar-refractivity contribution in [2.24, 2.45) is 10.9 Å². The van der Waals surface area contributed by atoms with E-state index in [1.165, 1.54) is 0 Å². The van der Waals surface area contributed by atoms with Crippen molar-refractivity contribution < 1.29 is 14.3 Å². The number of rotatable bonds is 5. The number of amides is 1. The maximum Gasteiger partial charge on any atom is 0.243 e. The van der Waals surface area contributed by atoms with Gasteiger partial charge in [0, 0.05) is 40.3 Å². The monoisotopic (exact) mass is 340 g/mol. The standard InChI is InChI=1S/C17H32N4O3/c1-13(2)10-18-17(19-11-16(22)20(3)4)21-7-9-24-15(12-21)14-6-5-8-23-14/h13-15H,5-12H2,1-4H3,(H,18,19). The number of hydrogen-bond acceptors (Lipinski definition) is 4. The zero-order chi connectivity index (χ0) is 17.5. The molecule has 0 bridgehead atoms. The van der Waals surface area contributed by atoms with Crippen LogP contribution in [0.5, 0.6) is 0 Å². The Balaban J connectivity index is 2.00. The molecule has 24 heavy (non-hydrogen) atoms. The lowest BCUT2D eigenvalue weighted by Crippen LogP contribution is -2.54. The molecule has 138 valence electrons. The minimum atomic E-state index is 0.00258. The van der Waals surface area contributed by atoms with E-state index >= 15 is 0 Å². The second kappa shape index (κ2) is 9.22. The Morgan fingerprint density at radius 3 is 2.67 bits per heavy atom. The summed E-state index contributed by atoms with van der Waals surface area (Å²) < 4.78 is 11.7. The zero-order valence-corrected chi connectivity index (χ0v) is 15.5. The fraction of sp³-hybridized carbons (Fsp3) is 0.882. The molecule has 0 spiro atoms. The lowest BCUT2D eigenvalue weighted by molar-refractivity contribution is -0.127. The van der Waals surface area contributed by atoms with Crippen molar-refractivity contribution in [3.05, 3.63) is 0 Å². The highest BCUT2D eigenvalue weighted by molar-refractivity contribution is 5.85. The first-order valence-corrected chi connectivity index (χ1v) is 8.94. The van der Waals surface area contributed by atoms with Crippen molar-refractivity contribution >= 4 is 11.9 Å². The highest BCUT2D eigenvalue weighted by atomic mass is 16.5. The van der Waals surface area contributed by atoms with Crippen LogP contribution in [-0.2, 0) is 14.3 Å². The van der Waals surface area contributed by atoms with E-state index in [0.29, 0.717) is 12.5 Å². The molecule has 7 heteroatoms. The smallest absolute Gasteiger partial charge is 0.243 e. The van der Waals surface area contributed by atoms with Gasteiger partial charge in [0.25, 0.3) is 0 Å². The van der Waals surface area contributed by atoms with Crippen molar-refractivity contribution in [1.29, 1.82) is 0 Å². The number of guanidine groups is 1. The predicted molar refractivity (Wildman–Crippen MR) is 94.1 cm³/mol. The molecule has 7 nitrogen and oxygen atoms in total. The molecule has 0 radical (unpaired) electrons. The third-order valence-electron chi connectivity index (χ3n) is 4.30. The molecule has 0 aromatic rings. The van der Waals surface area contributed by atoms with Crippen LogP contribution >= 0.6 is 0 Å². The van der Waals surface area contributed by atoms with Gasteiger partial charge in [0.2, 0.25) is 5.91 Å². The predicted octanol–water partition coefficient (Wildman–Crippen LogP) is 0.556. The van der Waals surface area contributed by atoms with Crippen LogP contribution in [0.15, 0.2) is 4.99 Å². The number of carbonyl (C=O) groups is 1. The first-order valence-electron chi connectivity index (χ1n) is 8.94. The van der Waals surface area contributed by atoms with Gasteiger partial charge in [-0.05, 0) is 18.8 Å². The van der Waals surface area contributed by atoms with E-state index in [1.54, 1.807) is 19.0 Å². The summed E-state index contributed by atoms with van der Waals surface area (Å²) in [6.07, 6.45) is 2.43. The Kier molecular flexibility index (Phi) is 7.30. The summed E-state index contributed by atoms with van der Waals surface area (Å²) in [6, 6.07) is 0. The molecular formula is C17H32N4O3. The zero-order valence-electron chi connectivity index (χ0n) is 15.5. The van der Waals surface area contributed by atoms with Gasteiger partial charge in [0.1, 0.15) is 12.6 Å². The molecule has 2 saturated heterocycles. The first kappa shape index (κ1) is 19.0. The van der Waals surface area contributed by atoms with Gasteiger partial charge >= 0.3 is 0 Å². The molecule has 2 fully saturated rings. The summed E-state index contributed by atoms with van der Waals surface area (Å²) in [5.74, 6) is 1.31. The number of morpholine rings is 1. The van der Waals surface area contributed by atoms with Gasteiger partial charge in [-0.3, -0.25) is 4.79 Å². The highest BCUT2D eigenvalue weighted by Gasteiger charge is 2.32. The van der Waals surface area contributed by atoms with Crippen LogP contribution in [-0.4, -0.2) is 87.4 Å². The quantitative estimate of drug-likeness (QED) is 0.585. The Morgan fingerprint density at radius 2 is 2.04 bits per heavy atom. The average Bonchev–Trinajstić information content (AvgIpc) is 3.09. The number of hydrogen-bond donors (Lipinski definition) is 1. The number of likely N-dealkylation sites (N-methyl/N-ethyl adjacent to an activating group) is 1. The van der Waals surface area contributed by atoms with E-state index in [1.807, 2.05) is 0 Å². The van der Waals surface area contributed by atoms with E-state index < -0.39 is 0 Å². The Bertz CT molecular complexity index is 434. The fourth-order valence-electron chi connectivity index (χ4n) is 2.84. The molecule has 1 N–H and O–H groups in total. The third kappa shape index (κ3) is 5.63. The third-order valence-corrected chi connectivity index (χ3v) is 4.30. The molecule has 2 atom stereocenters. The van der Waals surface area contributed by atoms with Gasteiger partial charge in [-0.1, -0.05) is 13.8 Å². The Hall–Kier alpha value is -1.34. The van der Waals surface area contributed by atoms with Gasteiger partial charge < -0.3 is 24.6 Å². The second-order valence-corrected chi connectivity index (χ2v) is 7.11. The topological polar surface area (TPSA) is 66.4 Å². The van der Waals surface area contributed by atoms with Crippen LogP contribution in [0.2, 0.25) is 0 Å². The maximum absolute atomic E-state index is 11.9. The van der Waals surface area contributed by atoms with E-state index in [-0.39, 0.29) is 24.7 Å². The summed E-state index contributed by atoms with van der Waals surface area (Å²) in [7, 11) is 3.50. The van der Waals surface area contributed by atoms with Crippen LogP contribution in [0.3, 0.4) is 0 Å². The number of carbonyl (C=O) groups excluding carboxylic acids is 1. The lowest BCUT2D eigenvalue weighted by atomic mass is 10.1. The number of ether oxygens (including phenoxy) is 2. The molecule has 2 rings (SSSR count). The molecule has 2 aliphatic rings. The molecule has 2 heterocycles. The largest absolute Gasteiger partial charge is 0.375 e. The fourth-order valence-corrected chi connectivity index (χ4v) is 2.84. The Labute approximate surface area is 145 Å². The van der Waals surface area contributed by atoms with Crippen LogP contribution in [0, 0.1) is 5.92 Å². The van der Waals surface area contributed by atoms with Crippen molar-refractivity contribution in [2.45, 2.75) is 38.9 Å². The van der Waals surface area contributed by atoms with E-state index in [0.717, 1.165) is 45.0 Å². The van der Waals surface area contributed by atoms with Crippen molar-refractivity contribution in [1.82, 2.24) is 15.1 Å². The van der Waals surface area contributed by atoms with E-state index in [4.69, 9.17) is 9.47 Å². The van der Waals surface area contributed by atoms with Crippen LogP contribution in [0.25, 0.3) is 0 Å². The molecule has 0 saturated carbocycles. The minimum absolute atomic E-state index is 0.00258. The average molecular weight is 340 g/mol. The first-order chi connectivity index (χ1) is 11.5. The molecule has 2 aliphatic heterocycles. The van der Waals surface area contributed by atoms with Crippen LogP contribution in [0.4, 0.5) is 0 Å². The molecule has 0 aromatic carbocycles. The lowest BCUT2D eigenvalue weighted by Gasteiger charge is -2.37. The molecule has 2 unspecified atom stereocenters. The van der Waals surface area contributed by atoms with Gasteiger partial charge in [-0.25, -0.2) is 4.99 Å². The van der Waals surface area contributed by atoms with Gasteiger partial charge in [-0.15, -0.1) is 0 Å². The second-order valence-electron chi connectivity index (χ2n) is 7.11. The van der Waals surface area contributed by atoms with Gasteiger partial charge in [-0.2, -0.15) is 0 Å². The van der Waals surface area contributed by atoms with Crippen LogP contribution < -0.4 is 5.32 Å². The normalized spacial score (nSPS) is 25.2. The maximum atomic E-state index is 11.9. The number of nitrogens with one attached hydrogen (secondary N) is 1. The summed E-state index contributed by atoms with van der Waals surface area (Å²) >= 11 is 0. The summed E-state index contributed by atoms with van der Waals surface area (Å²) in [4.78, 5) is 20.2. The summed E-state index contributed by atoms with van der Waals surface area (Å²) in [6.45, 7) is 8.33. The Morgan fingerprint density at radius 1 is 1.29 bits per heavy atom. The van der Waals surface area contributed by atoms with E-state index in [9.17, 15) is 4.79 Å². The summed E-state index contributed by atoms with van der Waals surface area (Å²) in [5, 5.41) is 3.40. The molecular weight excluding hydrogens is 308 g/mol. The molecule has 1 amide bonds. The van der Waals surface area contributed by atoms with Crippen molar-refractivity contribution in [2.75, 3.05) is 53.5 Å². The SMILES string of the molecule is CC(C)CNC(=NCC(=O)N(C)C)N1CCOC(C2CCCO2)C1. The van der Waals surface area contributed by atoms with Crippen LogP contribution in [0.1, 0.15) is 26.7 Å². The van der Waals surface area contributed by atoms with Crippen molar-refractivity contribution in [3.8, 4) is 0 Å². The molecule has 0 aromatic heterocycles. The highest BCUT2D eigenvalue weighted by Crippen LogP contribution is 2.21. The van der Waals surface area contributed by atoms with Gasteiger partial charge in [0.15, 0.2) is 5.96 Å². The molecule has 0 aliphatic carbocycles. The summed E-state index contributed by atoms with van der Waals surface area (Å²) in [5.41, 5.74) is 0. The number of aliphatic imine (C=N–C) groups is 1. The van der Waals surface area contributed by atoms with Gasteiger partial charge in [0.05, 0.1) is 12.7 Å².